The lowest BCUT2D eigenvalue weighted by Crippen LogP contribution is -2.40. The van der Waals surface area contributed by atoms with Gasteiger partial charge in [-0.25, -0.2) is 4.98 Å². The number of rotatable bonds is 4. The number of carbonyl (C=O) groups excluding carboxylic acids is 1. The molecule has 6 nitrogen and oxygen atoms in total. The van der Waals surface area contributed by atoms with E-state index in [0.29, 0.717) is 31.3 Å². The summed E-state index contributed by atoms with van der Waals surface area (Å²) in [4.78, 5) is 21.3. The number of fused-ring (bicyclic) bond motifs is 2. The zero-order valence-electron chi connectivity index (χ0n) is 18.2. The van der Waals surface area contributed by atoms with E-state index in [1.807, 2.05) is 55.1 Å². The number of pyridine rings is 1. The van der Waals surface area contributed by atoms with Crippen LogP contribution in [0, 0.1) is 0 Å². The van der Waals surface area contributed by atoms with Gasteiger partial charge in [0, 0.05) is 31.4 Å². The molecule has 1 amide bonds. The summed E-state index contributed by atoms with van der Waals surface area (Å²) in [5, 5.41) is 0. The summed E-state index contributed by atoms with van der Waals surface area (Å²) in [6.07, 6.45) is 6.02. The first-order valence-electron chi connectivity index (χ1n) is 11.0. The Hall–Kier alpha value is -2.60. The number of amides is 1. The molecule has 2 heterocycles. The van der Waals surface area contributed by atoms with Gasteiger partial charge in [0.05, 0.1) is 13.2 Å². The number of nitrogens with zero attached hydrogens (tertiary/aromatic N) is 3. The minimum atomic E-state index is 0.172. The molecule has 1 aliphatic heterocycles. The van der Waals surface area contributed by atoms with Crippen LogP contribution in [0.4, 0.5) is 0 Å². The second-order valence-electron chi connectivity index (χ2n) is 7.56. The zero-order chi connectivity index (χ0) is 21.2. The van der Waals surface area contributed by atoms with Crippen LogP contribution in [0.15, 0.2) is 42.6 Å². The Morgan fingerprint density at radius 1 is 1.03 bits per heavy atom. The second kappa shape index (κ2) is 11.6. The summed E-state index contributed by atoms with van der Waals surface area (Å²) in [5.74, 6) is 2.14. The molecule has 1 aromatic heterocycles. The Morgan fingerprint density at radius 2 is 1.80 bits per heavy atom. The molecule has 0 saturated carbocycles. The summed E-state index contributed by atoms with van der Waals surface area (Å²) in [5.41, 5.74) is 0.969. The van der Waals surface area contributed by atoms with Crippen molar-refractivity contribution in [3.05, 3.63) is 48.2 Å². The molecule has 3 rings (SSSR count). The van der Waals surface area contributed by atoms with Crippen LogP contribution >= 0.6 is 0 Å². The predicted octanol–water partition coefficient (Wildman–Crippen LogP) is 4.50. The van der Waals surface area contributed by atoms with Gasteiger partial charge in [0.25, 0.3) is 0 Å². The topological polar surface area (TPSA) is 54.9 Å². The molecule has 0 unspecified atom stereocenters. The van der Waals surface area contributed by atoms with Crippen LogP contribution in [-0.2, 0) is 11.3 Å². The molecule has 0 N–H and O–H groups in total. The fourth-order valence-corrected chi connectivity index (χ4v) is 3.69. The first-order chi connectivity index (χ1) is 14.7. The maximum Gasteiger partial charge on any atom is 0.236 e. The largest absolute Gasteiger partial charge is 0.490 e. The smallest absolute Gasteiger partial charge is 0.236 e. The Bertz CT molecular complexity index is 808. The molecule has 0 saturated heterocycles. The predicted molar refractivity (Wildman–Crippen MR) is 118 cm³/mol. The van der Waals surface area contributed by atoms with Gasteiger partial charge in [-0.1, -0.05) is 31.0 Å². The number of ether oxygens (including phenoxy) is 2. The second-order valence-corrected chi connectivity index (χ2v) is 7.56. The quantitative estimate of drug-likeness (QED) is 0.742. The number of hydrogen-bond acceptors (Lipinski definition) is 5. The molecular formula is C24H33N3O3. The normalized spacial score (nSPS) is 15.7. The van der Waals surface area contributed by atoms with Crippen molar-refractivity contribution >= 4 is 5.91 Å². The molecule has 0 aliphatic carbocycles. The highest BCUT2D eigenvalue weighted by molar-refractivity contribution is 5.78. The van der Waals surface area contributed by atoms with Crippen LogP contribution in [0.1, 0.15) is 45.1 Å². The Labute approximate surface area is 179 Å². The van der Waals surface area contributed by atoms with Crippen LogP contribution in [-0.4, -0.2) is 53.5 Å². The molecule has 0 bridgehead atoms. The summed E-state index contributed by atoms with van der Waals surface area (Å²) < 4.78 is 12.1. The van der Waals surface area contributed by atoms with E-state index in [1.54, 1.807) is 6.20 Å². The van der Waals surface area contributed by atoms with Crippen LogP contribution in [0.25, 0.3) is 0 Å². The number of aromatic nitrogens is 1. The third-order valence-electron chi connectivity index (χ3n) is 5.40. The van der Waals surface area contributed by atoms with Crippen molar-refractivity contribution in [2.45, 2.75) is 46.1 Å². The first-order valence-corrected chi connectivity index (χ1v) is 11.0. The highest BCUT2D eigenvalue weighted by atomic mass is 16.5. The van der Waals surface area contributed by atoms with Gasteiger partial charge in [-0.05, 0) is 51.4 Å². The summed E-state index contributed by atoms with van der Waals surface area (Å²) >= 11 is 0. The minimum absolute atomic E-state index is 0.172. The van der Waals surface area contributed by atoms with E-state index in [-0.39, 0.29) is 5.91 Å². The highest BCUT2D eigenvalue weighted by Crippen LogP contribution is 2.32. The van der Waals surface area contributed by atoms with Gasteiger partial charge < -0.3 is 14.4 Å². The SMILES string of the molecule is CCN(CC)C(=O)CN1CCCCCCOc2ccccc2Oc2ncccc2C1. The Balaban J connectivity index is 1.84. The van der Waals surface area contributed by atoms with Crippen molar-refractivity contribution < 1.29 is 14.3 Å². The van der Waals surface area contributed by atoms with Gasteiger partial charge in [-0.2, -0.15) is 0 Å². The third kappa shape index (κ3) is 6.20. The van der Waals surface area contributed by atoms with Crippen molar-refractivity contribution in [3.63, 3.8) is 0 Å². The molecule has 0 radical (unpaired) electrons. The number of likely N-dealkylation sites (N-methyl/N-ethyl adjacent to an activating group) is 1. The van der Waals surface area contributed by atoms with E-state index in [9.17, 15) is 4.79 Å². The summed E-state index contributed by atoms with van der Waals surface area (Å²) in [6, 6.07) is 11.7. The standard InChI is InChI=1S/C24H33N3O3/c1-3-27(4-2)23(28)19-26-16-9-5-6-10-17-29-21-13-7-8-14-22(21)30-24-20(18-26)12-11-15-25-24/h7-8,11-15H,3-6,9-10,16-19H2,1-2H3. The lowest BCUT2D eigenvalue weighted by Gasteiger charge is -2.26. The van der Waals surface area contributed by atoms with E-state index in [2.05, 4.69) is 9.88 Å². The highest BCUT2D eigenvalue weighted by Gasteiger charge is 2.18. The molecule has 30 heavy (non-hydrogen) atoms. The average molecular weight is 412 g/mol. The Morgan fingerprint density at radius 3 is 2.60 bits per heavy atom. The van der Waals surface area contributed by atoms with E-state index in [4.69, 9.17) is 9.47 Å². The maximum absolute atomic E-state index is 12.7. The van der Waals surface area contributed by atoms with Crippen molar-refractivity contribution in [2.24, 2.45) is 0 Å². The lowest BCUT2D eigenvalue weighted by molar-refractivity contribution is -0.132. The molecular weight excluding hydrogens is 378 g/mol. The first kappa shape index (κ1) is 22.1. The number of benzene rings is 1. The van der Waals surface area contributed by atoms with E-state index < -0.39 is 0 Å². The minimum Gasteiger partial charge on any atom is -0.490 e. The van der Waals surface area contributed by atoms with Crippen molar-refractivity contribution in [2.75, 3.05) is 32.8 Å². The van der Waals surface area contributed by atoms with Crippen molar-refractivity contribution in [3.8, 4) is 17.4 Å². The van der Waals surface area contributed by atoms with Crippen molar-refractivity contribution in [1.29, 1.82) is 0 Å². The summed E-state index contributed by atoms with van der Waals surface area (Å²) in [7, 11) is 0. The Kier molecular flexibility index (Phi) is 8.51. The van der Waals surface area contributed by atoms with E-state index >= 15 is 0 Å². The van der Waals surface area contributed by atoms with E-state index in [0.717, 1.165) is 56.6 Å². The monoisotopic (exact) mass is 411 g/mol. The fraction of sp³-hybridized carbons (Fsp3) is 0.500. The van der Waals surface area contributed by atoms with Crippen LogP contribution in [0.2, 0.25) is 0 Å². The molecule has 162 valence electrons. The molecule has 0 atom stereocenters. The molecule has 2 aromatic rings. The van der Waals surface area contributed by atoms with Gasteiger partial charge >= 0.3 is 0 Å². The molecule has 0 spiro atoms. The fourth-order valence-electron chi connectivity index (χ4n) is 3.69. The lowest BCUT2D eigenvalue weighted by atomic mass is 10.1. The van der Waals surface area contributed by atoms with Gasteiger partial charge in [-0.15, -0.1) is 0 Å². The average Bonchev–Trinajstić information content (AvgIpc) is 2.75. The zero-order valence-corrected chi connectivity index (χ0v) is 18.2. The van der Waals surface area contributed by atoms with E-state index in [1.165, 1.54) is 0 Å². The number of carbonyl (C=O) groups is 1. The molecule has 0 fully saturated rings. The van der Waals surface area contributed by atoms with Crippen molar-refractivity contribution in [1.82, 2.24) is 14.8 Å². The molecule has 6 heteroatoms. The third-order valence-corrected chi connectivity index (χ3v) is 5.40. The molecule has 1 aromatic carbocycles. The van der Waals surface area contributed by atoms with Crippen LogP contribution in [0.5, 0.6) is 17.4 Å². The molecule has 1 aliphatic rings. The van der Waals surface area contributed by atoms with Gasteiger partial charge in [0.2, 0.25) is 11.8 Å². The van der Waals surface area contributed by atoms with Crippen LogP contribution in [0.3, 0.4) is 0 Å². The van der Waals surface area contributed by atoms with Gasteiger partial charge in [-0.3, -0.25) is 9.69 Å². The van der Waals surface area contributed by atoms with Gasteiger partial charge in [0.15, 0.2) is 11.5 Å². The van der Waals surface area contributed by atoms with Crippen LogP contribution < -0.4 is 9.47 Å². The number of para-hydroxylation sites is 2. The van der Waals surface area contributed by atoms with Gasteiger partial charge in [0.1, 0.15) is 0 Å². The summed E-state index contributed by atoms with van der Waals surface area (Å²) in [6.45, 7) is 8.10. The number of hydrogen-bond donors (Lipinski definition) is 0. The maximum atomic E-state index is 12.7.